The van der Waals surface area contributed by atoms with E-state index in [1.165, 1.54) is 12.1 Å². The second-order valence-corrected chi connectivity index (χ2v) is 7.03. The van der Waals surface area contributed by atoms with Gasteiger partial charge >= 0.3 is 0 Å². The molecule has 4 rings (SSSR count). The number of aromatic nitrogens is 1. The minimum absolute atomic E-state index is 0. The van der Waals surface area contributed by atoms with Crippen molar-refractivity contribution in [3.8, 4) is 11.5 Å². The average molecular weight is 452 g/mol. The summed E-state index contributed by atoms with van der Waals surface area (Å²) in [5, 5.41) is 7.96. The van der Waals surface area contributed by atoms with Crippen molar-refractivity contribution in [3.05, 3.63) is 60.7 Å². The van der Waals surface area contributed by atoms with Crippen LogP contribution < -0.4 is 15.4 Å². The second-order valence-electron chi connectivity index (χ2n) is 7.03. The number of halogens is 3. The van der Waals surface area contributed by atoms with Gasteiger partial charge in [0.25, 0.3) is 0 Å². The third-order valence-electron chi connectivity index (χ3n) is 5.04. The summed E-state index contributed by atoms with van der Waals surface area (Å²) in [7, 11) is 0. The molecule has 0 bridgehead atoms. The highest BCUT2D eigenvalue weighted by Crippen LogP contribution is 2.34. The first kappa shape index (κ1) is 23.9. The van der Waals surface area contributed by atoms with Gasteiger partial charge in [0.05, 0.1) is 5.69 Å². The third-order valence-corrected chi connectivity index (χ3v) is 5.04. The highest BCUT2D eigenvalue weighted by Gasteiger charge is 2.16. The van der Waals surface area contributed by atoms with Crippen LogP contribution in [0.1, 0.15) is 19.3 Å². The van der Waals surface area contributed by atoms with E-state index in [1.807, 2.05) is 18.2 Å². The molecule has 1 fully saturated rings. The van der Waals surface area contributed by atoms with Crippen molar-refractivity contribution in [1.29, 1.82) is 0 Å². The molecule has 8 heteroatoms. The van der Waals surface area contributed by atoms with Crippen molar-refractivity contribution in [1.82, 2.24) is 10.3 Å². The monoisotopic (exact) mass is 451 g/mol. The van der Waals surface area contributed by atoms with Crippen LogP contribution in [0.15, 0.2) is 54.9 Å². The Morgan fingerprint density at radius 2 is 1.93 bits per heavy atom. The molecule has 1 amide bonds. The first-order valence-corrected chi connectivity index (χ1v) is 9.50. The summed E-state index contributed by atoms with van der Waals surface area (Å²) in [6, 6.07) is 11.3. The number of carbonyl (C=O) groups is 1. The first-order valence-electron chi connectivity index (χ1n) is 9.50. The van der Waals surface area contributed by atoms with Crippen LogP contribution in [0, 0.1) is 11.7 Å². The van der Waals surface area contributed by atoms with E-state index in [0.717, 1.165) is 36.7 Å². The van der Waals surface area contributed by atoms with Crippen LogP contribution in [-0.2, 0) is 4.79 Å². The molecular formula is C22H24Cl2FN3O2. The molecule has 160 valence electrons. The van der Waals surface area contributed by atoms with Gasteiger partial charge in [-0.1, -0.05) is 0 Å². The van der Waals surface area contributed by atoms with Crippen LogP contribution in [-0.4, -0.2) is 24.0 Å². The van der Waals surface area contributed by atoms with Gasteiger partial charge in [-0.3, -0.25) is 9.78 Å². The molecule has 5 nitrogen and oxygen atoms in total. The van der Waals surface area contributed by atoms with E-state index >= 15 is 0 Å². The number of hydrogen-bond acceptors (Lipinski definition) is 4. The zero-order valence-electron chi connectivity index (χ0n) is 16.3. The fourth-order valence-corrected chi connectivity index (χ4v) is 3.50. The van der Waals surface area contributed by atoms with Gasteiger partial charge in [-0.15, -0.1) is 24.8 Å². The Balaban J connectivity index is 0.00000160. The molecule has 1 atom stereocenters. The maximum Gasteiger partial charge on any atom is 0.224 e. The molecule has 1 aliphatic heterocycles. The zero-order chi connectivity index (χ0) is 19.3. The van der Waals surface area contributed by atoms with E-state index in [9.17, 15) is 9.18 Å². The zero-order valence-corrected chi connectivity index (χ0v) is 17.9. The van der Waals surface area contributed by atoms with Crippen molar-refractivity contribution in [2.45, 2.75) is 19.3 Å². The van der Waals surface area contributed by atoms with Gasteiger partial charge in [-0.2, -0.15) is 0 Å². The molecule has 3 aromatic rings. The molecule has 0 saturated carbocycles. The number of nitrogens with zero attached hydrogens (tertiary/aromatic N) is 1. The summed E-state index contributed by atoms with van der Waals surface area (Å²) < 4.78 is 19.0. The summed E-state index contributed by atoms with van der Waals surface area (Å²) in [5.74, 6) is 1.44. The highest BCUT2D eigenvalue weighted by molar-refractivity contribution is 6.03. The standard InChI is InChI=1S/C22H22FN3O2.2ClH/c23-16-2-4-17(5-3-16)28-21-7-6-20(19-14-25-12-10-18(19)21)26-22(27)8-1-15-9-11-24-13-15;;/h2-7,10,12,14-15,24H,1,8-9,11,13H2,(H,26,27);2*1H. The van der Waals surface area contributed by atoms with Crippen LogP contribution in [0.5, 0.6) is 11.5 Å². The number of amides is 1. The van der Waals surface area contributed by atoms with Crippen molar-refractivity contribution >= 4 is 47.2 Å². The SMILES string of the molecule is Cl.Cl.O=C(CCC1CCNC1)Nc1ccc(Oc2ccc(F)cc2)c2ccncc12. The summed E-state index contributed by atoms with van der Waals surface area (Å²) in [6.45, 7) is 2.04. The van der Waals surface area contributed by atoms with E-state index in [4.69, 9.17) is 4.74 Å². The molecule has 1 aromatic heterocycles. The number of benzene rings is 2. The lowest BCUT2D eigenvalue weighted by Gasteiger charge is -2.13. The number of anilines is 1. The molecule has 1 aliphatic rings. The van der Waals surface area contributed by atoms with E-state index < -0.39 is 0 Å². The Kier molecular flexibility index (Phi) is 8.84. The van der Waals surface area contributed by atoms with Gasteiger partial charge < -0.3 is 15.4 Å². The summed E-state index contributed by atoms with van der Waals surface area (Å²) >= 11 is 0. The average Bonchev–Trinajstić information content (AvgIpc) is 3.24. The van der Waals surface area contributed by atoms with E-state index in [0.29, 0.717) is 29.5 Å². The molecule has 1 unspecified atom stereocenters. The smallest absolute Gasteiger partial charge is 0.224 e. The minimum atomic E-state index is -0.312. The van der Waals surface area contributed by atoms with Crippen LogP contribution in [0.3, 0.4) is 0 Å². The summed E-state index contributed by atoms with van der Waals surface area (Å²) in [4.78, 5) is 16.6. The first-order chi connectivity index (χ1) is 13.7. The number of fused-ring (bicyclic) bond motifs is 1. The van der Waals surface area contributed by atoms with Gasteiger partial charge in [0.15, 0.2) is 0 Å². The Bertz CT molecular complexity index is 980. The molecule has 0 spiro atoms. The van der Waals surface area contributed by atoms with Crippen molar-refractivity contribution < 1.29 is 13.9 Å². The summed E-state index contributed by atoms with van der Waals surface area (Å²) in [6.07, 6.45) is 5.92. The fourth-order valence-electron chi connectivity index (χ4n) is 3.50. The lowest BCUT2D eigenvalue weighted by molar-refractivity contribution is -0.116. The van der Waals surface area contributed by atoms with Crippen LogP contribution in [0.2, 0.25) is 0 Å². The van der Waals surface area contributed by atoms with Gasteiger partial charge in [0.1, 0.15) is 17.3 Å². The number of pyridine rings is 1. The molecule has 1 saturated heterocycles. The molecular weight excluding hydrogens is 428 g/mol. The van der Waals surface area contributed by atoms with Crippen LogP contribution in [0.4, 0.5) is 10.1 Å². The maximum absolute atomic E-state index is 13.1. The Morgan fingerprint density at radius 3 is 2.67 bits per heavy atom. The molecule has 2 N–H and O–H groups in total. The Morgan fingerprint density at radius 1 is 1.13 bits per heavy atom. The number of nitrogens with one attached hydrogen (secondary N) is 2. The van der Waals surface area contributed by atoms with Gasteiger partial charge in [0, 0.05) is 29.6 Å². The molecule has 2 aromatic carbocycles. The van der Waals surface area contributed by atoms with Crippen molar-refractivity contribution in [2.24, 2.45) is 5.92 Å². The number of carbonyl (C=O) groups excluding carboxylic acids is 1. The lowest BCUT2D eigenvalue weighted by Crippen LogP contribution is -2.15. The number of ether oxygens (including phenoxy) is 1. The van der Waals surface area contributed by atoms with Gasteiger partial charge in [-0.05, 0) is 74.3 Å². The summed E-state index contributed by atoms with van der Waals surface area (Å²) in [5.41, 5.74) is 0.712. The molecule has 0 radical (unpaired) electrons. The largest absolute Gasteiger partial charge is 0.457 e. The maximum atomic E-state index is 13.1. The number of rotatable bonds is 6. The van der Waals surface area contributed by atoms with Gasteiger partial charge in [-0.25, -0.2) is 4.39 Å². The highest BCUT2D eigenvalue weighted by atomic mass is 35.5. The molecule has 30 heavy (non-hydrogen) atoms. The quantitative estimate of drug-likeness (QED) is 0.530. The fraction of sp³-hybridized carbons (Fsp3) is 0.273. The van der Waals surface area contributed by atoms with Crippen molar-refractivity contribution in [3.63, 3.8) is 0 Å². The predicted octanol–water partition coefficient (Wildman–Crippen LogP) is 5.34. The molecule has 0 aliphatic carbocycles. The van der Waals surface area contributed by atoms with E-state index in [2.05, 4.69) is 15.6 Å². The lowest BCUT2D eigenvalue weighted by atomic mass is 10.0. The predicted molar refractivity (Wildman–Crippen MR) is 122 cm³/mol. The minimum Gasteiger partial charge on any atom is -0.457 e. The molecule has 2 heterocycles. The second kappa shape index (κ2) is 11.1. The number of hydrogen-bond donors (Lipinski definition) is 2. The van der Waals surface area contributed by atoms with E-state index in [1.54, 1.807) is 24.5 Å². The topological polar surface area (TPSA) is 63.2 Å². The third kappa shape index (κ3) is 5.81. The van der Waals surface area contributed by atoms with E-state index in [-0.39, 0.29) is 36.5 Å². The van der Waals surface area contributed by atoms with Crippen LogP contribution >= 0.6 is 24.8 Å². The van der Waals surface area contributed by atoms with Crippen LogP contribution in [0.25, 0.3) is 10.8 Å². The van der Waals surface area contributed by atoms with Gasteiger partial charge in [0.2, 0.25) is 5.91 Å². The Labute approximate surface area is 187 Å². The van der Waals surface area contributed by atoms with Crippen molar-refractivity contribution in [2.75, 3.05) is 18.4 Å². The Hall–Kier alpha value is -2.41. The normalized spacial score (nSPS) is 15.2.